The SMILES string of the molecule is CC.CC.CC(C)(CC(C)(C)c1cccnc1)OC1CCCCO1. The van der Waals surface area contributed by atoms with Gasteiger partial charge in [-0.05, 0) is 56.6 Å². The Morgan fingerprint density at radius 2 is 1.79 bits per heavy atom. The lowest BCUT2D eigenvalue weighted by Crippen LogP contribution is -2.39. The average Bonchev–Trinajstić information content (AvgIpc) is 2.59. The Balaban J connectivity index is 0.00000123. The van der Waals surface area contributed by atoms with Crippen molar-refractivity contribution in [1.82, 2.24) is 4.98 Å². The lowest BCUT2D eigenvalue weighted by atomic mass is 9.77. The van der Waals surface area contributed by atoms with Crippen molar-refractivity contribution in [3.8, 4) is 0 Å². The molecular formula is C21H39NO2. The van der Waals surface area contributed by atoms with Crippen LogP contribution in [0.3, 0.4) is 0 Å². The molecule has 0 aromatic carbocycles. The molecule has 1 atom stereocenters. The van der Waals surface area contributed by atoms with Crippen molar-refractivity contribution in [2.24, 2.45) is 0 Å². The van der Waals surface area contributed by atoms with Crippen LogP contribution in [-0.2, 0) is 14.9 Å². The zero-order valence-electron chi connectivity index (χ0n) is 17.2. The zero-order chi connectivity index (χ0) is 18.6. The van der Waals surface area contributed by atoms with Gasteiger partial charge in [0.2, 0.25) is 0 Å². The summed E-state index contributed by atoms with van der Waals surface area (Å²) in [7, 11) is 0. The first-order chi connectivity index (χ1) is 11.4. The number of ether oxygens (including phenoxy) is 2. The third kappa shape index (κ3) is 8.25. The van der Waals surface area contributed by atoms with E-state index in [0.717, 1.165) is 25.9 Å². The molecule has 1 unspecified atom stereocenters. The lowest BCUT2D eigenvalue weighted by Gasteiger charge is -2.38. The fraction of sp³-hybridized carbons (Fsp3) is 0.762. The highest BCUT2D eigenvalue weighted by Gasteiger charge is 2.33. The topological polar surface area (TPSA) is 31.4 Å². The quantitative estimate of drug-likeness (QED) is 0.648. The summed E-state index contributed by atoms with van der Waals surface area (Å²) in [6, 6.07) is 4.13. The largest absolute Gasteiger partial charge is 0.353 e. The molecule has 140 valence electrons. The molecule has 3 nitrogen and oxygen atoms in total. The lowest BCUT2D eigenvalue weighted by molar-refractivity contribution is -0.219. The molecule has 1 fully saturated rings. The Labute approximate surface area is 150 Å². The second kappa shape index (κ2) is 11.6. The highest BCUT2D eigenvalue weighted by Crippen LogP contribution is 2.35. The van der Waals surface area contributed by atoms with Crippen molar-refractivity contribution in [3.05, 3.63) is 30.1 Å². The van der Waals surface area contributed by atoms with E-state index in [2.05, 4.69) is 38.7 Å². The van der Waals surface area contributed by atoms with E-state index in [1.165, 1.54) is 12.0 Å². The predicted molar refractivity (Wildman–Crippen MR) is 103 cm³/mol. The van der Waals surface area contributed by atoms with Gasteiger partial charge in [0.1, 0.15) is 0 Å². The third-order valence-electron chi connectivity index (χ3n) is 3.90. The van der Waals surface area contributed by atoms with Gasteiger partial charge >= 0.3 is 0 Å². The minimum Gasteiger partial charge on any atom is -0.353 e. The Morgan fingerprint density at radius 3 is 2.29 bits per heavy atom. The van der Waals surface area contributed by atoms with Crippen LogP contribution in [0.1, 0.15) is 86.6 Å². The number of pyridine rings is 1. The maximum atomic E-state index is 6.19. The smallest absolute Gasteiger partial charge is 0.158 e. The molecule has 1 aliphatic rings. The summed E-state index contributed by atoms with van der Waals surface area (Å²) in [5.74, 6) is 0. The van der Waals surface area contributed by atoms with E-state index >= 15 is 0 Å². The van der Waals surface area contributed by atoms with E-state index in [9.17, 15) is 0 Å². The number of rotatable bonds is 5. The molecule has 0 aliphatic carbocycles. The molecule has 0 amide bonds. The molecule has 2 heterocycles. The average molecular weight is 338 g/mol. The fourth-order valence-electron chi connectivity index (χ4n) is 3.13. The van der Waals surface area contributed by atoms with Gasteiger partial charge in [-0.15, -0.1) is 0 Å². The highest BCUT2D eigenvalue weighted by molar-refractivity contribution is 5.20. The molecule has 0 N–H and O–H groups in total. The third-order valence-corrected chi connectivity index (χ3v) is 3.90. The summed E-state index contributed by atoms with van der Waals surface area (Å²) < 4.78 is 11.9. The van der Waals surface area contributed by atoms with Gasteiger partial charge in [0.25, 0.3) is 0 Å². The molecule has 0 saturated carbocycles. The summed E-state index contributed by atoms with van der Waals surface area (Å²) in [6.07, 6.45) is 8.03. The van der Waals surface area contributed by atoms with Gasteiger partial charge in [-0.25, -0.2) is 0 Å². The highest BCUT2D eigenvalue weighted by atomic mass is 16.7. The van der Waals surface area contributed by atoms with Crippen LogP contribution in [0.15, 0.2) is 24.5 Å². The maximum absolute atomic E-state index is 6.19. The van der Waals surface area contributed by atoms with Gasteiger partial charge in [-0.3, -0.25) is 4.98 Å². The molecule has 0 spiro atoms. The molecule has 1 saturated heterocycles. The van der Waals surface area contributed by atoms with Crippen LogP contribution in [0.25, 0.3) is 0 Å². The normalized spacial score (nSPS) is 17.9. The summed E-state index contributed by atoms with van der Waals surface area (Å²) in [5, 5.41) is 0. The summed E-state index contributed by atoms with van der Waals surface area (Å²) in [5.41, 5.74) is 1.08. The van der Waals surface area contributed by atoms with Gasteiger partial charge in [0, 0.05) is 19.0 Å². The van der Waals surface area contributed by atoms with Gasteiger partial charge in [0.15, 0.2) is 6.29 Å². The van der Waals surface area contributed by atoms with E-state index in [1.54, 1.807) is 0 Å². The van der Waals surface area contributed by atoms with E-state index in [0.29, 0.717) is 0 Å². The van der Waals surface area contributed by atoms with Crippen molar-refractivity contribution >= 4 is 0 Å². The second-order valence-corrected chi connectivity index (χ2v) is 6.98. The molecule has 3 heteroatoms. The molecule has 1 aliphatic heterocycles. The van der Waals surface area contributed by atoms with Crippen molar-refractivity contribution in [2.75, 3.05) is 6.61 Å². The van der Waals surface area contributed by atoms with E-state index in [4.69, 9.17) is 9.47 Å². The van der Waals surface area contributed by atoms with Crippen LogP contribution < -0.4 is 0 Å². The zero-order valence-corrected chi connectivity index (χ0v) is 17.2. The number of nitrogens with zero attached hydrogens (tertiary/aromatic N) is 1. The standard InChI is InChI=1S/C17H27NO2.2C2H6/c1-16(2,14-8-7-10-18-12-14)13-17(3,4)20-15-9-5-6-11-19-15;2*1-2/h7-8,10,12,15H,5-6,9,11,13H2,1-4H3;2*1-2H3. The van der Waals surface area contributed by atoms with Crippen molar-refractivity contribution in [2.45, 2.75) is 98.4 Å². The Hall–Kier alpha value is -0.930. The molecule has 1 aromatic rings. The van der Waals surface area contributed by atoms with Crippen LogP contribution in [-0.4, -0.2) is 23.5 Å². The van der Waals surface area contributed by atoms with Crippen molar-refractivity contribution in [3.63, 3.8) is 0 Å². The predicted octanol–water partition coefficient (Wildman–Crippen LogP) is 6.12. The van der Waals surface area contributed by atoms with Gasteiger partial charge in [-0.2, -0.15) is 0 Å². The fourth-order valence-corrected chi connectivity index (χ4v) is 3.13. The van der Waals surface area contributed by atoms with Crippen LogP contribution in [0.2, 0.25) is 0 Å². The van der Waals surface area contributed by atoms with Crippen LogP contribution in [0, 0.1) is 0 Å². The van der Waals surface area contributed by atoms with Crippen LogP contribution >= 0.6 is 0 Å². The van der Waals surface area contributed by atoms with Crippen molar-refractivity contribution < 1.29 is 9.47 Å². The van der Waals surface area contributed by atoms with Gasteiger partial charge in [0.05, 0.1) is 5.60 Å². The first-order valence-electron chi connectivity index (χ1n) is 9.59. The van der Waals surface area contributed by atoms with Crippen molar-refractivity contribution in [1.29, 1.82) is 0 Å². The monoisotopic (exact) mass is 337 g/mol. The Morgan fingerprint density at radius 1 is 1.12 bits per heavy atom. The first kappa shape index (κ1) is 23.1. The van der Waals surface area contributed by atoms with Gasteiger partial charge in [-0.1, -0.05) is 47.6 Å². The molecular weight excluding hydrogens is 298 g/mol. The molecule has 0 bridgehead atoms. The minimum atomic E-state index is -0.207. The Bertz CT molecular complexity index is 409. The number of aromatic nitrogens is 1. The summed E-state index contributed by atoms with van der Waals surface area (Å²) >= 11 is 0. The Kier molecular flexibility index (Phi) is 11.1. The molecule has 2 rings (SSSR count). The maximum Gasteiger partial charge on any atom is 0.158 e. The second-order valence-electron chi connectivity index (χ2n) is 6.98. The number of hydrogen-bond donors (Lipinski definition) is 0. The number of hydrogen-bond acceptors (Lipinski definition) is 3. The first-order valence-corrected chi connectivity index (χ1v) is 9.59. The van der Waals surface area contributed by atoms with Crippen LogP contribution in [0.4, 0.5) is 0 Å². The minimum absolute atomic E-state index is 0.0342. The molecule has 24 heavy (non-hydrogen) atoms. The van der Waals surface area contributed by atoms with E-state index in [-0.39, 0.29) is 17.3 Å². The van der Waals surface area contributed by atoms with E-state index < -0.39 is 0 Å². The van der Waals surface area contributed by atoms with Crippen LogP contribution in [0.5, 0.6) is 0 Å². The molecule has 1 aromatic heterocycles. The summed E-state index contributed by atoms with van der Waals surface area (Å²) in [4.78, 5) is 4.23. The van der Waals surface area contributed by atoms with Gasteiger partial charge < -0.3 is 9.47 Å². The summed E-state index contributed by atoms with van der Waals surface area (Å²) in [6.45, 7) is 17.6. The van der Waals surface area contributed by atoms with E-state index in [1.807, 2.05) is 46.2 Å². The molecule has 0 radical (unpaired) electrons.